The molecule has 0 saturated carbocycles. The van der Waals surface area contributed by atoms with Gasteiger partial charge >= 0.3 is 0 Å². The second kappa shape index (κ2) is 7.38. The minimum atomic E-state index is 0.0550. The predicted molar refractivity (Wildman–Crippen MR) is 92.9 cm³/mol. The number of carbonyl (C=O) groups is 1. The van der Waals surface area contributed by atoms with Gasteiger partial charge < -0.3 is 10.2 Å². The quantitative estimate of drug-likeness (QED) is 0.936. The Morgan fingerprint density at radius 1 is 1.12 bits per heavy atom. The second-order valence-electron chi connectivity index (χ2n) is 6.38. The van der Waals surface area contributed by atoms with Crippen LogP contribution in [0.15, 0.2) is 36.8 Å². The van der Waals surface area contributed by atoms with Crippen LogP contribution in [-0.2, 0) is 4.79 Å². The van der Waals surface area contributed by atoms with Crippen molar-refractivity contribution >= 4 is 17.5 Å². The topological polar surface area (TPSA) is 71.0 Å². The number of anilines is 2. The molecule has 6 nitrogen and oxygen atoms in total. The van der Waals surface area contributed by atoms with E-state index in [0.29, 0.717) is 5.92 Å². The maximum atomic E-state index is 12.1. The largest absolute Gasteiger partial charge is 0.342 e. The summed E-state index contributed by atoms with van der Waals surface area (Å²) in [5.41, 5.74) is 0.958. The molecule has 2 aromatic rings. The lowest BCUT2D eigenvalue weighted by atomic mass is 9.92. The fraction of sp³-hybridized carbons (Fsp3) is 0.444. The van der Waals surface area contributed by atoms with Crippen LogP contribution in [0.25, 0.3) is 0 Å². The summed E-state index contributed by atoms with van der Waals surface area (Å²) < 4.78 is 0. The molecule has 0 atom stereocenters. The van der Waals surface area contributed by atoms with Gasteiger partial charge in [-0.3, -0.25) is 9.78 Å². The molecule has 2 aromatic heterocycles. The number of rotatable bonds is 4. The highest BCUT2D eigenvalue weighted by atomic mass is 16.2. The first kappa shape index (κ1) is 16.4. The third-order valence-electron chi connectivity index (χ3n) is 4.33. The van der Waals surface area contributed by atoms with Crippen molar-refractivity contribution in [3.8, 4) is 0 Å². The van der Waals surface area contributed by atoms with Gasteiger partial charge in [0.15, 0.2) is 5.82 Å². The van der Waals surface area contributed by atoms with E-state index in [-0.39, 0.29) is 11.8 Å². The highest BCUT2D eigenvalue weighted by Gasteiger charge is 2.27. The van der Waals surface area contributed by atoms with Gasteiger partial charge in [-0.2, -0.15) is 0 Å². The Kier molecular flexibility index (Phi) is 5.03. The van der Waals surface area contributed by atoms with Crippen LogP contribution in [0.1, 0.15) is 38.3 Å². The van der Waals surface area contributed by atoms with E-state index in [2.05, 4.69) is 20.3 Å². The molecule has 1 fully saturated rings. The summed E-state index contributed by atoms with van der Waals surface area (Å²) >= 11 is 0. The number of likely N-dealkylation sites (tertiary alicyclic amines) is 1. The zero-order chi connectivity index (χ0) is 16.9. The molecule has 0 unspecified atom stereocenters. The fourth-order valence-electron chi connectivity index (χ4n) is 3.04. The van der Waals surface area contributed by atoms with Gasteiger partial charge in [0.2, 0.25) is 5.91 Å². The molecule has 1 N–H and O–H groups in total. The minimum Gasteiger partial charge on any atom is -0.342 e. The van der Waals surface area contributed by atoms with Crippen LogP contribution < -0.4 is 5.32 Å². The summed E-state index contributed by atoms with van der Waals surface area (Å²) in [6.45, 7) is 5.46. The highest BCUT2D eigenvalue weighted by molar-refractivity contribution is 5.78. The first-order valence-corrected chi connectivity index (χ1v) is 8.43. The van der Waals surface area contributed by atoms with Gasteiger partial charge in [0.1, 0.15) is 5.82 Å². The molecular formula is C18H23N5O. The van der Waals surface area contributed by atoms with Crippen molar-refractivity contribution in [2.24, 2.45) is 5.92 Å². The number of carbonyl (C=O) groups excluding carboxylic acids is 1. The Bertz CT molecular complexity index is 681. The Hall–Kier alpha value is -2.50. The van der Waals surface area contributed by atoms with E-state index in [1.807, 2.05) is 36.9 Å². The minimum absolute atomic E-state index is 0.0550. The summed E-state index contributed by atoms with van der Waals surface area (Å²) in [6, 6.07) is 5.72. The lowest BCUT2D eigenvalue weighted by Crippen LogP contribution is -2.40. The van der Waals surface area contributed by atoms with Crippen molar-refractivity contribution < 1.29 is 4.79 Å². The Morgan fingerprint density at radius 3 is 2.54 bits per heavy atom. The van der Waals surface area contributed by atoms with Crippen LogP contribution in [0.2, 0.25) is 0 Å². The Labute approximate surface area is 142 Å². The molecule has 3 rings (SSSR count). The van der Waals surface area contributed by atoms with Crippen molar-refractivity contribution in [3.63, 3.8) is 0 Å². The Balaban J connectivity index is 1.71. The van der Waals surface area contributed by atoms with Crippen LogP contribution >= 0.6 is 0 Å². The van der Waals surface area contributed by atoms with Crippen molar-refractivity contribution in [2.75, 3.05) is 18.4 Å². The second-order valence-corrected chi connectivity index (χ2v) is 6.38. The van der Waals surface area contributed by atoms with Gasteiger partial charge in [-0.1, -0.05) is 19.9 Å². The average Bonchev–Trinajstić information content (AvgIpc) is 2.62. The van der Waals surface area contributed by atoms with Gasteiger partial charge in [-0.25, -0.2) is 9.97 Å². The molecule has 1 aliphatic heterocycles. The molecule has 0 spiro atoms. The summed E-state index contributed by atoms with van der Waals surface area (Å²) in [6.07, 6.45) is 6.98. The van der Waals surface area contributed by atoms with E-state index >= 15 is 0 Å². The molecule has 1 aliphatic rings. The molecule has 6 heteroatoms. The summed E-state index contributed by atoms with van der Waals surface area (Å²) in [7, 11) is 0. The molecule has 0 aromatic carbocycles. The average molecular weight is 325 g/mol. The third-order valence-corrected chi connectivity index (χ3v) is 4.33. The van der Waals surface area contributed by atoms with Crippen LogP contribution in [0.5, 0.6) is 0 Å². The molecule has 3 heterocycles. The molecule has 0 aliphatic carbocycles. The third kappa shape index (κ3) is 3.69. The molecule has 24 heavy (non-hydrogen) atoms. The first-order valence-electron chi connectivity index (χ1n) is 8.43. The van der Waals surface area contributed by atoms with E-state index in [1.54, 1.807) is 18.6 Å². The normalized spacial score (nSPS) is 15.5. The Morgan fingerprint density at radius 2 is 1.88 bits per heavy atom. The number of hydrogen-bond donors (Lipinski definition) is 1. The number of hydrogen-bond acceptors (Lipinski definition) is 5. The van der Waals surface area contributed by atoms with Crippen molar-refractivity contribution in [3.05, 3.63) is 42.5 Å². The van der Waals surface area contributed by atoms with E-state index in [1.165, 1.54) is 0 Å². The van der Waals surface area contributed by atoms with Crippen LogP contribution in [0.4, 0.5) is 11.6 Å². The van der Waals surface area contributed by atoms with Crippen LogP contribution in [0.3, 0.4) is 0 Å². The molecular weight excluding hydrogens is 302 g/mol. The monoisotopic (exact) mass is 325 g/mol. The van der Waals surface area contributed by atoms with E-state index in [9.17, 15) is 4.79 Å². The summed E-state index contributed by atoms with van der Waals surface area (Å²) in [5, 5.41) is 3.26. The smallest absolute Gasteiger partial charge is 0.225 e. The predicted octanol–water partition coefficient (Wildman–Crippen LogP) is 2.98. The van der Waals surface area contributed by atoms with Gasteiger partial charge in [-0.05, 0) is 25.0 Å². The van der Waals surface area contributed by atoms with E-state index in [4.69, 9.17) is 0 Å². The fourth-order valence-corrected chi connectivity index (χ4v) is 3.04. The zero-order valence-corrected chi connectivity index (χ0v) is 14.1. The van der Waals surface area contributed by atoms with E-state index < -0.39 is 0 Å². The maximum Gasteiger partial charge on any atom is 0.225 e. The number of nitrogens with one attached hydrogen (secondary N) is 1. The lowest BCUT2D eigenvalue weighted by molar-refractivity contribution is -0.135. The number of nitrogens with zero attached hydrogens (tertiary/aromatic N) is 4. The van der Waals surface area contributed by atoms with Gasteiger partial charge in [0, 0.05) is 43.5 Å². The maximum absolute atomic E-state index is 12.1. The van der Waals surface area contributed by atoms with Crippen LogP contribution in [-0.4, -0.2) is 38.8 Å². The van der Waals surface area contributed by atoms with Crippen molar-refractivity contribution in [1.29, 1.82) is 0 Å². The van der Waals surface area contributed by atoms with Crippen molar-refractivity contribution in [2.45, 2.75) is 32.6 Å². The molecule has 0 bridgehead atoms. The van der Waals surface area contributed by atoms with Crippen molar-refractivity contribution in [1.82, 2.24) is 19.9 Å². The zero-order valence-electron chi connectivity index (χ0n) is 14.1. The van der Waals surface area contributed by atoms with Crippen LogP contribution in [0, 0.1) is 5.92 Å². The van der Waals surface area contributed by atoms with Gasteiger partial charge in [0.25, 0.3) is 0 Å². The molecule has 126 valence electrons. The first-order chi connectivity index (χ1) is 11.6. The number of pyridine rings is 1. The molecule has 0 radical (unpaired) electrons. The lowest BCUT2D eigenvalue weighted by Gasteiger charge is -2.33. The molecule has 1 amide bonds. The summed E-state index contributed by atoms with van der Waals surface area (Å²) in [4.78, 5) is 27.4. The summed E-state index contributed by atoms with van der Waals surface area (Å²) in [5.74, 6) is 2.11. The highest BCUT2D eigenvalue weighted by Crippen LogP contribution is 2.31. The number of aromatic nitrogens is 3. The van der Waals surface area contributed by atoms with Gasteiger partial charge in [0.05, 0.1) is 5.69 Å². The van der Waals surface area contributed by atoms with E-state index in [0.717, 1.165) is 43.3 Å². The number of piperidine rings is 1. The standard InChI is InChI=1S/C18H23N5O/c1-13(2)18(24)23-11-6-14(7-12-23)16-17(21-10-9-20-16)22-15-5-3-4-8-19-15/h3-5,8-10,13-14H,6-7,11-12H2,1-2H3,(H,19,21,22). The SMILES string of the molecule is CC(C)C(=O)N1CCC(c2nccnc2Nc2ccccn2)CC1. The number of amides is 1. The molecule has 1 saturated heterocycles. The van der Waals surface area contributed by atoms with Gasteiger partial charge in [-0.15, -0.1) is 0 Å².